The lowest BCUT2D eigenvalue weighted by Crippen LogP contribution is -2.36. The SMILES string of the molecule is CCC(CC)(CNCc1cnc[nH]1)SC. The van der Waals surface area contributed by atoms with Gasteiger partial charge in [-0.15, -0.1) is 0 Å². The van der Waals surface area contributed by atoms with Crippen molar-refractivity contribution in [2.24, 2.45) is 0 Å². The molecule has 0 radical (unpaired) electrons. The van der Waals surface area contributed by atoms with E-state index in [1.807, 2.05) is 18.0 Å². The Hall–Kier alpha value is -0.480. The van der Waals surface area contributed by atoms with E-state index >= 15 is 0 Å². The van der Waals surface area contributed by atoms with E-state index in [1.54, 1.807) is 6.33 Å². The molecule has 0 saturated carbocycles. The van der Waals surface area contributed by atoms with Gasteiger partial charge in [0.2, 0.25) is 0 Å². The first kappa shape index (κ1) is 12.6. The molecule has 0 aliphatic heterocycles. The van der Waals surface area contributed by atoms with Gasteiger partial charge in [0.05, 0.1) is 6.33 Å². The van der Waals surface area contributed by atoms with E-state index in [9.17, 15) is 0 Å². The molecule has 1 aromatic heterocycles. The highest BCUT2D eigenvalue weighted by atomic mass is 32.2. The summed E-state index contributed by atoms with van der Waals surface area (Å²) in [6.07, 6.45) is 8.20. The maximum Gasteiger partial charge on any atom is 0.0922 e. The molecule has 0 atom stereocenters. The molecule has 0 aliphatic rings. The van der Waals surface area contributed by atoms with Crippen LogP contribution in [0.5, 0.6) is 0 Å². The van der Waals surface area contributed by atoms with Crippen molar-refractivity contribution in [2.45, 2.75) is 38.0 Å². The summed E-state index contributed by atoms with van der Waals surface area (Å²) < 4.78 is 0.389. The molecule has 1 aromatic rings. The van der Waals surface area contributed by atoms with Crippen LogP contribution in [0.3, 0.4) is 0 Å². The Bertz CT molecular complexity index is 247. The first-order valence-corrected chi connectivity index (χ1v) is 6.72. The van der Waals surface area contributed by atoms with Crippen LogP contribution >= 0.6 is 11.8 Å². The van der Waals surface area contributed by atoms with Crippen LogP contribution in [0.15, 0.2) is 12.5 Å². The van der Waals surface area contributed by atoms with Gasteiger partial charge >= 0.3 is 0 Å². The van der Waals surface area contributed by atoms with E-state index in [2.05, 4.69) is 35.4 Å². The Balaban J connectivity index is 2.34. The number of aromatic amines is 1. The van der Waals surface area contributed by atoms with E-state index in [1.165, 1.54) is 12.8 Å². The fraction of sp³-hybridized carbons (Fsp3) is 0.727. The average molecular weight is 227 g/mol. The number of thioether (sulfide) groups is 1. The first-order valence-electron chi connectivity index (χ1n) is 5.49. The molecular weight excluding hydrogens is 206 g/mol. The van der Waals surface area contributed by atoms with Gasteiger partial charge in [-0.2, -0.15) is 11.8 Å². The lowest BCUT2D eigenvalue weighted by Gasteiger charge is -2.29. The number of hydrogen-bond acceptors (Lipinski definition) is 3. The van der Waals surface area contributed by atoms with Gasteiger partial charge in [-0.3, -0.25) is 0 Å². The topological polar surface area (TPSA) is 40.7 Å². The Morgan fingerprint density at radius 3 is 2.67 bits per heavy atom. The highest BCUT2D eigenvalue weighted by Crippen LogP contribution is 2.29. The summed E-state index contributed by atoms with van der Waals surface area (Å²) in [5, 5.41) is 3.49. The van der Waals surface area contributed by atoms with Gasteiger partial charge in [0.1, 0.15) is 0 Å². The van der Waals surface area contributed by atoms with Crippen LogP contribution in [0.25, 0.3) is 0 Å². The lowest BCUT2D eigenvalue weighted by atomic mass is 10.0. The molecule has 15 heavy (non-hydrogen) atoms. The Kier molecular flexibility index (Phi) is 5.19. The zero-order valence-electron chi connectivity index (χ0n) is 9.84. The summed E-state index contributed by atoms with van der Waals surface area (Å²) in [5.41, 5.74) is 1.15. The number of H-pyrrole nitrogens is 1. The quantitative estimate of drug-likeness (QED) is 0.751. The molecule has 0 amide bonds. The average Bonchev–Trinajstić information content (AvgIpc) is 2.78. The number of rotatable bonds is 7. The number of hydrogen-bond donors (Lipinski definition) is 2. The molecule has 1 rings (SSSR count). The van der Waals surface area contributed by atoms with Crippen molar-refractivity contribution in [3.05, 3.63) is 18.2 Å². The molecule has 3 nitrogen and oxygen atoms in total. The van der Waals surface area contributed by atoms with E-state index < -0.39 is 0 Å². The molecule has 0 bridgehead atoms. The summed E-state index contributed by atoms with van der Waals surface area (Å²) in [4.78, 5) is 7.09. The molecule has 86 valence electrons. The van der Waals surface area contributed by atoms with Crippen LogP contribution in [0, 0.1) is 0 Å². The maximum absolute atomic E-state index is 4.00. The van der Waals surface area contributed by atoms with Crippen molar-refractivity contribution < 1.29 is 0 Å². The van der Waals surface area contributed by atoms with Crippen LogP contribution in [0.1, 0.15) is 32.4 Å². The van der Waals surface area contributed by atoms with Crippen LogP contribution < -0.4 is 5.32 Å². The van der Waals surface area contributed by atoms with Gasteiger partial charge in [-0.05, 0) is 19.1 Å². The minimum absolute atomic E-state index is 0.389. The summed E-state index contributed by atoms with van der Waals surface area (Å²) in [7, 11) is 0. The summed E-state index contributed by atoms with van der Waals surface area (Å²) in [5.74, 6) is 0. The fourth-order valence-electron chi connectivity index (χ4n) is 1.67. The second-order valence-electron chi connectivity index (χ2n) is 3.77. The third kappa shape index (κ3) is 3.54. The van der Waals surface area contributed by atoms with Gasteiger partial charge < -0.3 is 10.3 Å². The molecule has 4 heteroatoms. The van der Waals surface area contributed by atoms with E-state index in [0.29, 0.717) is 4.75 Å². The molecule has 0 saturated heterocycles. The molecule has 2 N–H and O–H groups in total. The molecular formula is C11H21N3S. The minimum Gasteiger partial charge on any atom is -0.347 e. The largest absolute Gasteiger partial charge is 0.347 e. The third-order valence-corrected chi connectivity index (χ3v) is 4.63. The van der Waals surface area contributed by atoms with Crippen LogP contribution in [0.2, 0.25) is 0 Å². The van der Waals surface area contributed by atoms with E-state index in [-0.39, 0.29) is 0 Å². The van der Waals surface area contributed by atoms with Crippen LogP contribution in [-0.4, -0.2) is 27.5 Å². The lowest BCUT2D eigenvalue weighted by molar-refractivity contribution is 0.493. The second-order valence-corrected chi connectivity index (χ2v) is 5.05. The second kappa shape index (κ2) is 6.18. The predicted octanol–water partition coefficient (Wildman–Crippen LogP) is 2.42. The van der Waals surface area contributed by atoms with E-state index in [4.69, 9.17) is 0 Å². The van der Waals surface area contributed by atoms with Crippen molar-refractivity contribution in [2.75, 3.05) is 12.8 Å². The Morgan fingerprint density at radius 2 is 2.20 bits per heavy atom. The first-order chi connectivity index (χ1) is 7.26. The predicted molar refractivity (Wildman–Crippen MR) is 67.1 cm³/mol. The zero-order chi connectivity index (χ0) is 11.1. The minimum atomic E-state index is 0.389. The van der Waals surface area contributed by atoms with Crippen LogP contribution in [0.4, 0.5) is 0 Å². The summed E-state index contributed by atoms with van der Waals surface area (Å²) in [6, 6.07) is 0. The molecule has 0 spiro atoms. The highest BCUT2D eigenvalue weighted by molar-refractivity contribution is 8.00. The Morgan fingerprint density at radius 1 is 1.47 bits per heavy atom. The monoisotopic (exact) mass is 227 g/mol. The van der Waals surface area contributed by atoms with Gasteiger partial charge in [0.15, 0.2) is 0 Å². The smallest absolute Gasteiger partial charge is 0.0922 e. The third-order valence-electron chi connectivity index (χ3n) is 3.04. The van der Waals surface area contributed by atoms with Crippen molar-refractivity contribution in [1.82, 2.24) is 15.3 Å². The normalized spacial score (nSPS) is 11.9. The molecule has 0 aromatic carbocycles. The van der Waals surface area contributed by atoms with Gasteiger partial charge in [0, 0.05) is 29.7 Å². The number of imidazole rings is 1. The fourth-order valence-corrected chi connectivity index (χ4v) is 2.49. The number of nitrogens with one attached hydrogen (secondary N) is 2. The standard InChI is InChI=1S/C11H21N3S/c1-4-11(5-2,15-3)8-12-6-10-7-13-9-14-10/h7,9,12H,4-6,8H2,1-3H3,(H,13,14). The molecule has 0 aliphatic carbocycles. The number of nitrogens with zero attached hydrogens (tertiary/aromatic N) is 1. The Labute approximate surface area is 96.5 Å². The zero-order valence-corrected chi connectivity index (χ0v) is 10.7. The van der Waals surface area contributed by atoms with Crippen LogP contribution in [-0.2, 0) is 6.54 Å². The van der Waals surface area contributed by atoms with Gasteiger partial charge in [-0.1, -0.05) is 13.8 Å². The summed E-state index contributed by atoms with van der Waals surface area (Å²) >= 11 is 1.97. The molecule has 1 heterocycles. The summed E-state index contributed by atoms with van der Waals surface area (Å²) in [6.45, 7) is 6.46. The van der Waals surface area contributed by atoms with Crippen molar-refractivity contribution in [3.8, 4) is 0 Å². The molecule has 0 fully saturated rings. The van der Waals surface area contributed by atoms with Crippen molar-refractivity contribution in [3.63, 3.8) is 0 Å². The highest BCUT2D eigenvalue weighted by Gasteiger charge is 2.23. The van der Waals surface area contributed by atoms with Crippen molar-refractivity contribution >= 4 is 11.8 Å². The van der Waals surface area contributed by atoms with E-state index in [0.717, 1.165) is 18.8 Å². The molecule has 0 unspecified atom stereocenters. The number of aromatic nitrogens is 2. The van der Waals surface area contributed by atoms with Gasteiger partial charge in [0.25, 0.3) is 0 Å². The van der Waals surface area contributed by atoms with Crippen molar-refractivity contribution in [1.29, 1.82) is 0 Å². The maximum atomic E-state index is 4.00. The van der Waals surface area contributed by atoms with Gasteiger partial charge in [-0.25, -0.2) is 4.98 Å².